The van der Waals surface area contributed by atoms with Crippen molar-refractivity contribution in [1.29, 1.82) is 0 Å². The molecule has 0 aliphatic heterocycles. The molecule has 0 aromatic heterocycles. The van der Waals surface area contributed by atoms with Crippen molar-refractivity contribution in [1.82, 2.24) is 10.6 Å². The number of sulfonamides is 1. The van der Waals surface area contributed by atoms with E-state index in [1.165, 1.54) is 0 Å². The summed E-state index contributed by atoms with van der Waals surface area (Å²) in [6.45, 7) is 2.22. The number of urea groups is 1. The van der Waals surface area contributed by atoms with Gasteiger partial charge in [-0.15, -0.1) is 0 Å². The lowest BCUT2D eigenvalue weighted by Gasteiger charge is -2.19. The molecule has 0 spiro atoms. The van der Waals surface area contributed by atoms with Gasteiger partial charge in [-0.05, 0) is 54.4 Å². The summed E-state index contributed by atoms with van der Waals surface area (Å²) >= 11 is 0. The van der Waals surface area contributed by atoms with Crippen LogP contribution < -0.4 is 20.7 Å². The number of rotatable bonds is 10. The van der Waals surface area contributed by atoms with E-state index in [-0.39, 0.29) is 10.8 Å². The van der Waals surface area contributed by atoms with E-state index in [9.17, 15) is 18.0 Å². The number of carbonyl (C=O) groups excluding carboxylic acids is 2. The first-order valence-corrected chi connectivity index (χ1v) is 13.9. The zero-order chi connectivity index (χ0) is 27.7. The molecule has 39 heavy (non-hydrogen) atoms. The van der Waals surface area contributed by atoms with Gasteiger partial charge in [-0.1, -0.05) is 78.4 Å². The Balaban J connectivity index is 1.38. The minimum absolute atomic E-state index is 0.157. The van der Waals surface area contributed by atoms with E-state index in [2.05, 4.69) is 20.7 Å². The zero-order valence-corrected chi connectivity index (χ0v) is 22.2. The minimum Gasteiger partial charge on any atom is -0.350 e. The van der Waals surface area contributed by atoms with Gasteiger partial charge in [0.2, 0.25) is 5.91 Å². The Morgan fingerprint density at radius 1 is 0.718 bits per heavy atom. The molecule has 0 bridgehead atoms. The van der Waals surface area contributed by atoms with Gasteiger partial charge < -0.3 is 16.0 Å². The molecule has 0 radical (unpaired) electrons. The summed E-state index contributed by atoms with van der Waals surface area (Å²) in [6, 6.07) is 30.4. The topological polar surface area (TPSA) is 116 Å². The van der Waals surface area contributed by atoms with Crippen LogP contribution in [0.3, 0.4) is 0 Å². The Kier molecular flexibility index (Phi) is 8.96. The third-order valence-electron chi connectivity index (χ3n) is 5.94. The standard InChI is InChI=1S/C30H30N4O4S/c1-22-12-18-27(19-13-22)39(37,38)34-26-16-14-25(15-17-26)32-30(36)33-28(20-23-8-4-2-5-9-23)29(35)31-21-24-10-6-3-7-11-24/h2-19,28,34H,20-21H2,1H3,(H,31,35)(H2,32,33,36)/t28-/m1/s1. The van der Waals surface area contributed by atoms with Crippen molar-refractivity contribution in [3.63, 3.8) is 0 Å². The lowest BCUT2D eigenvalue weighted by Crippen LogP contribution is -2.49. The van der Waals surface area contributed by atoms with Crippen LogP contribution in [0.25, 0.3) is 0 Å². The number of amides is 3. The van der Waals surface area contributed by atoms with Crippen molar-refractivity contribution in [3.05, 3.63) is 126 Å². The average Bonchev–Trinajstić information content (AvgIpc) is 2.93. The highest BCUT2D eigenvalue weighted by molar-refractivity contribution is 7.92. The van der Waals surface area contributed by atoms with Crippen molar-refractivity contribution in [2.75, 3.05) is 10.0 Å². The van der Waals surface area contributed by atoms with Crippen LogP contribution in [0.2, 0.25) is 0 Å². The van der Waals surface area contributed by atoms with E-state index in [1.807, 2.05) is 67.6 Å². The van der Waals surface area contributed by atoms with Gasteiger partial charge in [0.1, 0.15) is 6.04 Å². The Morgan fingerprint density at radius 3 is 1.90 bits per heavy atom. The molecule has 0 saturated carbocycles. The second kappa shape index (κ2) is 12.7. The summed E-state index contributed by atoms with van der Waals surface area (Å²) in [7, 11) is -3.74. The molecule has 3 amide bonds. The van der Waals surface area contributed by atoms with Crippen LogP contribution in [-0.2, 0) is 27.8 Å². The molecule has 200 valence electrons. The second-order valence-electron chi connectivity index (χ2n) is 9.04. The molecule has 0 saturated heterocycles. The fourth-order valence-corrected chi connectivity index (χ4v) is 4.90. The maximum absolute atomic E-state index is 13.0. The normalized spacial score (nSPS) is 11.7. The SMILES string of the molecule is Cc1ccc(S(=O)(=O)Nc2ccc(NC(=O)N[C@H](Cc3ccccc3)C(=O)NCc3ccccc3)cc2)cc1. The molecular weight excluding hydrogens is 512 g/mol. The van der Waals surface area contributed by atoms with Crippen molar-refractivity contribution < 1.29 is 18.0 Å². The molecule has 8 nitrogen and oxygen atoms in total. The summed E-state index contributed by atoms with van der Waals surface area (Å²) in [4.78, 5) is 26.0. The van der Waals surface area contributed by atoms with Gasteiger partial charge in [0, 0.05) is 24.3 Å². The number of carbonyl (C=O) groups is 2. The van der Waals surface area contributed by atoms with Gasteiger partial charge in [0.05, 0.1) is 4.90 Å². The maximum atomic E-state index is 13.0. The zero-order valence-electron chi connectivity index (χ0n) is 21.4. The van der Waals surface area contributed by atoms with E-state index < -0.39 is 22.1 Å². The number of hydrogen-bond acceptors (Lipinski definition) is 4. The first-order chi connectivity index (χ1) is 18.8. The lowest BCUT2D eigenvalue weighted by molar-refractivity contribution is -0.123. The Hall–Kier alpha value is -4.63. The summed E-state index contributed by atoms with van der Waals surface area (Å²) in [5, 5.41) is 8.35. The smallest absolute Gasteiger partial charge is 0.319 e. The van der Waals surface area contributed by atoms with E-state index in [4.69, 9.17) is 0 Å². The van der Waals surface area contributed by atoms with Gasteiger partial charge in [-0.25, -0.2) is 13.2 Å². The number of aryl methyl sites for hydroxylation is 1. The van der Waals surface area contributed by atoms with Gasteiger partial charge in [-0.2, -0.15) is 0 Å². The number of hydrogen-bond donors (Lipinski definition) is 4. The van der Waals surface area contributed by atoms with Gasteiger partial charge in [0.25, 0.3) is 10.0 Å². The third-order valence-corrected chi connectivity index (χ3v) is 7.34. The predicted molar refractivity (Wildman–Crippen MR) is 153 cm³/mol. The number of anilines is 2. The largest absolute Gasteiger partial charge is 0.350 e. The molecule has 4 aromatic rings. The Morgan fingerprint density at radius 2 is 1.28 bits per heavy atom. The molecule has 4 N–H and O–H groups in total. The molecule has 4 aromatic carbocycles. The molecule has 0 aliphatic carbocycles. The third kappa shape index (κ3) is 8.18. The predicted octanol–water partition coefficient (Wildman–Crippen LogP) is 4.85. The molecule has 0 aliphatic rings. The van der Waals surface area contributed by atoms with Gasteiger partial charge in [0.15, 0.2) is 0 Å². The summed E-state index contributed by atoms with van der Waals surface area (Å²) in [5.41, 5.74) is 3.61. The lowest BCUT2D eigenvalue weighted by atomic mass is 10.1. The molecule has 1 atom stereocenters. The minimum atomic E-state index is -3.74. The molecular formula is C30H30N4O4S. The van der Waals surface area contributed by atoms with E-state index in [1.54, 1.807) is 48.5 Å². The molecule has 4 rings (SSSR count). The van der Waals surface area contributed by atoms with Crippen LogP contribution in [0.5, 0.6) is 0 Å². The van der Waals surface area contributed by atoms with Crippen LogP contribution in [0, 0.1) is 6.92 Å². The second-order valence-corrected chi connectivity index (χ2v) is 10.7. The van der Waals surface area contributed by atoms with Crippen LogP contribution >= 0.6 is 0 Å². The first-order valence-electron chi connectivity index (χ1n) is 12.4. The Labute approximate surface area is 228 Å². The number of nitrogens with one attached hydrogen (secondary N) is 4. The maximum Gasteiger partial charge on any atom is 0.319 e. The highest BCUT2D eigenvalue weighted by Gasteiger charge is 2.21. The van der Waals surface area contributed by atoms with E-state index in [0.717, 1.165) is 16.7 Å². The van der Waals surface area contributed by atoms with Crippen LogP contribution in [-0.4, -0.2) is 26.4 Å². The number of benzene rings is 4. The van der Waals surface area contributed by atoms with Crippen molar-refractivity contribution in [3.8, 4) is 0 Å². The van der Waals surface area contributed by atoms with Crippen LogP contribution in [0.4, 0.5) is 16.2 Å². The fraction of sp³-hybridized carbons (Fsp3) is 0.133. The average molecular weight is 543 g/mol. The highest BCUT2D eigenvalue weighted by Crippen LogP contribution is 2.19. The molecule has 0 unspecified atom stereocenters. The summed E-state index contributed by atoms with van der Waals surface area (Å²) < 4.78 is 27.8. The molecule has 0 fully saturated rings. The Bertz CT molecular complexity index is 1490. The fourth-order valence-electron chi connectivity index (χ4n) is 3.85. The van der Waals surface area contributed by atoms with E-state index >= 15 is 0 Å². The van der Waals surface area contributed by atoms with Crippen molar-refractivity contribution in [2.45, 2.75) is 30.8 Å². The monoisotopic (exact) mass is 542 g/mol. The molecule has 9 heteroatoms. The van der Waals surface area contributed by atoms with Crippen LogP contribution in [0.1, 0.15) is 16.7 Å². The van der Waals surface area contributed by atoms with Gasteiger partial charge >= 0.3 is 6.03 Å². The van der Waals surface area contributed by atoms with Gasteiger partial charge in [-0.3, -0.25) is 9.52 Å². The quantitative estimate of drug-likeness (QED) is 0.229. The molecule has 0 heterocycles. The first kappa shape index (κ1) is 27.4. The summed E-state index contributed by atoms with van der Waals surface area (Å²) in [5.74, 6) is -0.307. The van der Waals surface area contributed by atoms with Crippen molar-refractivity contribution in [2.24, 2.45) is 0 Å². The van der Waals surface area contributed by atoms with Crippen LogP contribution in [0.15, 0.2) is 114 Å². The highest BCUT2D eigenvalue weighted by atomic mass is 32.2. The summed E-state index contributed by atoms with van der Waals surface area (Å²) in [6.07, 6.45) is 0.314. The van der Waals surface area contributed by atoms with Crippen molar-refractivity contribution >= 4 is 33.3 Å². The van der Waals surface area contributed by atoms with E-state index in [0.29, 0.717) is 24.3 Å².